The molecule has 0 spiro atoms. The molecule has 2 N–H and O–H groups in total. The van der Waals surface area contributed by atoms with Crippen molar-refractivity contribution in [3.05, 3.63) is 65.2 Å². The fraction of sp³-hybridized carbons (Fsp3) is 0.519. The van der Waals surface area contributed by atoms with Crippen molar-refractivity contribution in [3.8, 4) is 5.75 Å². The predicted octanol–water partition coefficient (Wildman–Crippen LogP) is 3.34. The minimum Gasteiger partial charge on any atom is -0.508 e. The molecule has 2 bridgehead atoms. The Labute approximate surface area is 189 Å². The smallest absolute Gasteiger partial charge is 0.253 e. The number of aromatic hydroxyl groups is 1. The Morgan fingerprint density at radius 1 is 1.00 bits per heavy atom. The Morgan fingerprint density at radius 3 is 2.53 bits per heavy atom. The molecule has 6 rings (SSSR count). The van der Waals surface area contributed by atoms with Gasteiger partial charge in [-0.15, -0.1) is 0 Å². The first-order valence-electron chi connectivity index (χ1n) is 12.1. The zero-order valence-corrected chi connectivity index (χ0v) is 18.5. The molecule has 2 saturated heterocycles. The van der Waals surface area contributed by atoms with E-state index in [1.165, 1.54) is 18.4 Å². The van der Waals surface area contributed by atoms with E-state index in [1.807, 2.05) is 41.3 Å². The van der Waals surface area contributed by atoms with Gasteiger partial charge in [0.2, 0.25) is 0 Å². The number of benzene rings is 2. The maximum Gasteiger partial charge on any atom is 0.253 e. The van der Waals surface area contributed by atoms with Crippen molar-refractivity contribution in [2.45, 2.75) is 55.6 Å². The minimum absolute atomic E-state index is 0.0461. The summed E-state index contributed by atoms with van der Waals surface area (Å²) in [4.78, 5) is 17.7. The van der Waals surface area contributed by atoms with Gasteiger partial charge in [0.05, 0.1) is 5.60 Å². The fourth-order valence-corrected chi connectivity index (χ4v) is 6.83. The molecule has 168 valence electrons. The molecule has 5 heteroatoms. The fourth-order valence-electron chi connectivity index (χ4n) is 6.83. The van der Waals surface area contributed by atoms with Crippen molar-refractivity contribution in [1.82, 2.24) is 9.80 Å². The van der Waals surface area contributed by atoms with Gasteiger partial charge >= 0.3 is 0 Å². The van der Waals surface area contributed by atoms with Crippen LogP contribution in [0.4, 0.5) is 0 Å². The highest BCUT2D eigenvalue weighted by Crippen LogP contribution is 2.56. The van der Waals surface area contributed by atoms with E-state index in [1.54, 1.807) is 6.07 Å². The molecule has 0 radical (unpaired) electrons. The maximum absolute atomic E-state index is 13.3. The van der Waals surface area contributed by atoms with Gasteiger partial charge < -0.3 is 15.1 Å². The Balaban J connectivity index is 1.40. The normalized spacial score (nSPS) is 32.0. The summed E-state index contributed by atoms with van der Waals surface area (Å²) in [7, 11) is 0. The maximum atomic E-state index is 13.3. The van der Waals surface area contributed by atoms with E-state index in [4.69, 9.17) is 0 Å². The molecule has 4 aliphatic rings. The van der Waals surface area contributed by atoms with Crippen molar-refractivity contribution in [2.24, 2.45) is 5.92 Å². The first kappa shape index (κ1) is 20.3. The number of carbonyl (C=O) groups is 1. The molecular formula is C27H32N2O3. The van der Waals surface area contributed by atoms with E-state index in [2.05, 4.69) is 11.0 Å². The second kappa shape index (κ2) is 7.32. The average Bonchev–Trinajstić information content (AvgIpc) is 3.63. The van der Waals surface area contributed by atoms with Gasteiger partial charge in [0, 0.05) is 36.7 Å². The zero-order valence-electron chi connectivity index (χ0n) is 18.5. The topological polar surface area (TPSA) is 64.0 Å². The molecule has 3 fully saturated rings. The summed E-state index contributed by atoms with van der Waals surface area (Å²) < 4.78 is 0. The monoisotopic (exact) mass is 432 g/mol. The molecule has 5 nitrogen and oxygen atoms in total. The van der Waals surface area contributed by atoms with Crippen LogP contribution >= 0.6 is 0 Å². The van der Waals surface area contributed by atoms with Crippen LogP contribution in [0, 0.1) is 5.92 Å². The molecule has 3 unspecified atom stereocenters. The second-order valence-corrected chi connectivity index (χ2v) is 10.4. The highest BCUT2D eigenvalue weighted by molar-refractivity contribution is 5.94. The molecule has 1 saturated carbocycles. The van der Waals surface area contributed by atoms with E-state index < -0.39 is 11.0 Å². The summed E-state index contributed by atoms with van der Waals surface area (Å²) >= 11 is 0. The van der Waals surface area contributed by atoms with Crippen molar-refractivity contribution >= 4 is 5.91 Å². The third-order valence-corrected chi connectivity index (χ3v) is 8.74. The summed E-state index contributed by atoms with van der Waals surface area (Å²) in [6.45, 7) is 3.24. The number of amides is 1. The number of likely N-dealkylation sites (tertiary alicyclic amines) is 2. The van der Waals surface area contributed by atoms with Crippen molar-refractivity contribution in [2.75, 3.05) is 26.2 Å². The molecule has 1 amide bonds. The van der Waals surface area contributed by atoms with Crippen LogP contribution in [-0.4, -0.2) is 63.7 Å². The highest BCUT2D eigenvalue weighted by Gasteiger charge is 2.63. The number of rotatable bonds is 3. The molecule has 2 aromatic rings. The number of hydrogen-bond acceptors (Lipinski definition) is 4. The Morgan fingerprint density at radius 2 is 1.75 bits per heavy atom. The lowest BCUT2D eigenvalue weighted by Crippen LogP contribution is -2.71. The molecule has 2 aliphatic carbocycles. The Bertz CT molecular complexity index is 1040. The van der Waals surface area contributed by atoms with E-state index in [9.17, 15) is 15.0 Å². The van der Waals surface area contributed by atoms with Crippen LogP contribution < -0.4 is 0 Å². The number of phenols is 1. The zero-order chi connectivity index (χ0) is 21.9. The number of hydrogen-bond donors (Lipinski definition) is 2. The van der Waals surface area contributed by atoms with Gasteiger partial charge in [-0.1, -0.05) is 24.3 Å². The summed E-state index contributed by atoms with van der Waals surface area (Å²) in [6, 6.07) is 15.3. The van der Waals surface area contributed by atoms with Gasteiger partial charge in [-0.3, -0.25) is 9.69 Å². The Kier molecular flexibility index (Phi) is 4.63. The molecule has 2 aromatic carbocycles. The van der Waals surface area contributed by atoms with Crippen molar-refractivity contribution in [3.63, 3.8) is 0 Å². The van der Waals surface area contributed by atoms with E-state index in [0.29, 0.717) is 25.1 Å². The van der Waals surface area contributed by atoms with Crippen LogP contribution in [-0.2, 0) is 11.8 Å². The van der Waals surface area contributed by atoms with Crippen LogP contribution in [0.5, 0.6) is 5.75 Å². The molecule has 32 heavy (non-hydrogen) atoms. The first-order valence-corrected chi connectivity index (χ1v) is 12.1. The van der Waals surface area contributed by atoms with Gasteiger partial charge in [0.15, 0.2) is 0 Å². The number of phenolic OH excluding ortho intramolecular Hbond substituents is 1. The van der Waals surface area contributed by atoms with E-state index >= 15 is 0 Å². The SMILES string of the molecule is O=C(c1ccccc1)N1CCC23CCN(CC4CC4)C(Cc4ccc(O)cc42)C3(O)CC1. The van der Waals surface area contributed by atoms with Crippen LogP contribution in [0.25, 0.3) is 0 Å². The second-order valence-electron chi connectivity index (χ2n) is 10.4. The molecule has 2 aliphatic heterocycles. The standard InChI is InChI=1S/C27H32N2O3/c30-22-9-8-21-16-24-27(32)12-15-28(25(31)20-4-2-1-3-5-20)13-10-26(27,23(21)17-22)11-14-29(24)18-19-6-7-19/h1-5,8-9,17,19,24,30,32H,6-7,10-16,18H2. The molecule has 2 heterocycles. The van der Waals surface area contributed by atoms with Gasteiger partial charge in [-0.2, -0.15) is 0 Å². The lowest BCUT2D eigenvalue weighted by Gasteiger charge is -2.61. The van der Waals surface area contributed by atoms with Crippen molar-refractivity contribution < 1.29 is 15.0 Å². The van der Waals surface area contributed by atoms with Crippen LogP contribution in [0.3, 0.4) is 0 Å². The number of nitrogens with zero attached hydrogens (tertiary/aromatic N) is 2. The lowest BCUT2D eigenvalue weighted by atomic mass is 9.52. The number of fused-ring (bicyclic) bond motifs is 1. The molecule has 3 atom stereocenters. The summed E-state index contributed by atoms with van der Waals surface area (Å²) in [5.41, 5.74) is 1.75. The van der Waals surface area contributed by atoms with E-state index in [-0.39, 0.29) is 17.7 Å². The predicted molar refractivity (Wildman–Crippen MR) is 123 cm³/mol. The van der Waals surface area contributed by atoms with E-state index in [0.717, 1.165) is 43.8 Å². The minimum atomic E-state index is -0.896. The van der Waals surface area contributed by atoms with Gasteiger partial charge in [-0.25, -0.2) is 0 Å². The van der Waals surface area contributed by atoms with Crippen LogP contribution in [0.2, 0.25) is 0 Å². The van der Waals surface area contributed by atoms with Crippen molar-refractivity contribution in [1.29, 1.82) is 0 Å². The number of piperidine rings is 1. The van der Waals surface area contributed by atoms with Gasteiger partial charge in [0.25, 0.3) is 5.91 Å². The third kappa shape index (κ3) is 3.01. The molecular weight excluding hydrogens is 400 g/mol. The third-order valence-electron chi connectivity index (χ3n) is 8.74. The van der Waals surface area contributed by atoms with Gasteiger partial charge in [-0.05, 0) is 86.4 Å². The lowest BCUT2D eigenvalue weighted by molar-refractivity contribution is -0.149. The number of aliphatic hydroxyl groups is 1. The quantitative estimate of drug-likeness (QED) is 0.781. The Hall–Kier alpha value is -2.37. The number of carbonyl (C=O) groups excluding carboxylic acids is 1. The van der Waals surface area contributed by atoms with Gasteiger partial charge in [0.1, 0.15) is 5.75 Å². The highest BCUT2D eigenvalue weighted by atomic mass is 16.3. The summed E-state index contributed by atoms with van der Waals surface area (Å²) in [5, 5.41) is 22.8. The van der Waals surface area contributed by atoms with Crippen LogP contribution in [0.15, 0.2) is 48.5 Å². The average molecular weight is 433 g/mol. The first-order chi connectivity index (χ1) is 15.5. The summed E-state index contributed by atoms with van der Waals surface area (Å²) in [6.07, 6.45) is 5.59. The largest absolute Gasteiger partial charge is 0.508 e. The molecule has 0 aromatic heterocycles. The van der Waals surface area contributed by atoms with Crippen LogP contribution in [0.1, 0.15) is 53.6 Å². The summed E-state index contributed by atoms with van der Waals surface area (Å²) in [5.74, 6) is 1.08.